The van der Waals surface area contributed by atoms with Crippen molar-refractivity contribution < 1.29 is 21.9 Å². The number of pyridine rings is 1. The zero-order chi connectivity index (χ0) is 29.4. The first-order valence-corrected chi connectivity index (χ1v) is 16.1. The maximum absolute atomic E-state index is 15.3. The van der Waals surface area contributed by atoms with Crippen LogP contribution in [0.1, 0.15) is 59.3 Å². The highest BCUT2D eigenvalue weighted by molar-refractivity contribution is 7.92. The van der Waals surface area contributed by atoms with E-state index < -0.39 is 27.3 Å². The number of hydrogen-bond acceptors (Lipinski definition) is 7. The maximum atomic E-state index is 15.3. The monoisotopic (exact) mass is 590 g/mol. The van der Waals surface area contributed by atoms with E-state index in [1.807, 2.05) is 12.3 Å². The number of rotatable bonds is 15. The lowest BCUT2D eigenvalue weighted by Crippen LogP contribution is -2.26. The molecule has 3 aromatic rings. The van der Waals surface area contributed by atoms with Gasteiger partial charge in [0, 0.05) is 38.1 Å². The summed E-state index contributed by atoms with van der Waals surface area (Å²) in [4.78, 5) is 6.72. The van der Waals surface area contributed by atoms with Gasteiger partial charge in [-0.3, -0.25) is 9.71 Å². The van der Waals surface area contributed by atoms with E-state index in [-0.39, 0.29) is 11.4 Å². The highest BCUT2D eigenvalue weighted by atomic mass is 32.2. The van der Waals surface area contributed by atoms with E-state index in [0.717, 1.165) is 80.9 Å². The summed E-state index contributed by atoms with van der Waals surface area (Å²) in [5, 5.41) is 8.08. The van der Waals surface area contributed by atoms with Crippen molar-refractivity contribution in [3.8, 4) is 16.9 Å². The number of nitrogens with zero attached hydrogens (tertiary/aromatic N) is 5. The van der Waals surface area contributed by atoms with Crippen molar-refractivity contribution in [2.24, 2.45) is 11.8 Å². The Morgan fingerprint density at radius 1 is 1.17 bits per heavy atom. The summed E-state index contributed by atoms with van der Waals surface area (Å²) < 4.78 is 63.1. The first-order valence-electron chi connectivity index (χ1n) is 14.5. The molecule has 1 fully saturated rings. The average molecular weight is 591 g/mol. The molecule has 2 unspecified atom stereocenters. The van der Waals surface area contributed by atoms with E-state index in [1.54, 1.807) is 13.1 Å². The lowest BCUT2D eigenvalue weighted by atomic mass is 9.86. The topological polar surface area (TPSA) is 102 Å². The van der Waals surface area contributed by atoms with Crippen LogP contribution in [-0.4, -0.2) is 60.5 Å². The summed E-state index contributed by atoms with van der Waals surface area (Å²) in [5.74, 6) is -0.829. The summed E-state index contributed by atoms with van der Waals surface area (Å²) in [6.07, 6.45) is 10.7. The minimum Gasteiger partial charge on any atom is -0.381 e. The third kappa shape index (κ3) is 7.79. The summed E-state index contributed by atoms with van der Waals surface area (Å²) in [5.41, 5.74) is 1.12. The Labute approximate surface area is 241 Å². The number of ether oxygens (including phenoxy) is 1. The molecule has 1 aliphatic rings. The first-order chi connectivity index (χ1) is 19.8. The van der Waals surface area contributed by atoms with Gasteiger partial charge in [0.2, 0.25) is 10.0 Å². The SMILES string of the molecule is CCCN(CCCC(CC)C1CCOC1)c1cncc(-c2cn(-c3c(F)ccc(NS(=O)(=O)CCC)c3F)nn2)c1. The van der Waals surface area contributed by atoms with Crippen LogP contribution in [0.25, 0.3) is 16.9 Å². The smallest absolute Gasteiger partial charge is 0.232 e. The van der Waals surface area contributed by atoms with Crippen LogP contribution < -0.4 is 9.62 Å². The van der Waals surface area contributed by atoms with Crippen molar-refractivity contribution in [3.05, 3.63) is 48.4 Å². The van der Waals surface area contributed by atoms with Crippen LogP contribution in [0.2, 0.25) is 0 Å². The highest BCUT2D eigenvalue weighted by Crippen LogP contribution is 2.30. The molecule has 1 saturated heterocycles. The number of halogens is 2. The molecule has 224 valence electrons. The third-order valence-electron chi connectivity index (χ3n) is 7.56. The second-order valence-electron chi connectivity index (χ2n) is 10.6. The van der Waals surface area contributed by atoms with Gasteiger partial charge in [0.25, 0.3) is 0 Å². The van der Waals surface area contributed by atoms with Gasteiger partial charge in [-0.25, -0.2) is 21.9 Å². The Morgan fingerprint density at radius 2 is 2.00 bits per heavy atom. The van der Waals surface area contributed by atoms with Crippen molar-refractivity contribution in [2.75, 3.05) is 41.7 Å². The Kier molecular flexibility index (Phi) is 10.7. The molecule has 4 rings (SSSR count). The van der Waals surface area contributed by atoms with Gasteiger partial charge in [-0.15, -0.1) is 5.10 Å². The van der Waals surface area contributed by atoms with E-state index in [4.69, 9.17) is 4.74 Å². The summed E-state index contributed by atoms with van der Waals surface area (Å²) in [6, 6.07) is 4.01. The van der Waals surface area contributed by atoms with Crippen LogP contribution in [0.3, 0.4) is 0 Å². The average Bonchev–Trinajstić information content (AvgIpc) is 3.66. The quantitative estimate of drug-likeness (QED) is 0.238. The fraction of sp³-hybridized carbons (Fsp3) is 0.552. The number of nitrogens with one attached hydrogen (secondary N) is 1. The predicted molar refractivity (Wildman–Crippen MR) is 157 cm³/mol. The zero-order valence-corrected chi connectivity index (χ0v) is 24.8. The van der Waals surface area contributed by atoms with Crippen molar-refractivity contribution in [2.45, 2.75) is 59.3 Å². The van der Waals surface area contributed by atoms with Crippen LogP contribution in [-0.2, 0) is 14.8 Å². The number of anilines is 2. The third-order valence-corrected chi connectivity index (χ3v) is 9.04. The molecule has 1 aromatic carbocycles. The van der Waals surface area contributed by atoms with Crippen molar-refractivity contribution in [3.63, 3.8) is 0 Å². The molecule has 1 aliphatic heterocycles. The highest BCUT2D eigenvalue weighted by Gasteiger charge is 2.24. The van der Waals surface area contributed by atoms with Gasteiger partial charge < -0.3 is 9.64 Å². The predicted octanol–water partition coefficient (Wildman–Crippen LogP) is 5.82. The van der Waals surface area contributed by atoms with Gasteiger partial charge in [-0.1, -0.05) is 32.4 Å². The molecule has 41 heavy (non-hydrogen) atoms. The molecule has 0 aliphatic carbocycles. The largest absolute Gasteiger partial charge is 0.381 e. The second-order valence-corrected chi connectivity index (χ2v) is 12.4. The van der Waals surface area contributed by atoms with Gasteiger partial charge in [0.1, 0.15) is 11.4 Å². The van der Waals surface area contributed by atoms with Crippen LogP contribution in [0.4, 0.5) is 20.2 Å². The van der Waals surface area contributed by atoms with E-state index in [9.17, 15) is 12.8 Å². The standard InChI is InChI=1S/C29H40F2N6O3S/c1-4-12-36(13-7-8-21(6-3)22-11-14-40-20-22)24-16-23(17-32-18-24)27-19-37(35-33-27)29-25(30)9-10-26(28(29)31)34-41(38,39)15-5-2/h9-10,16-19,21-22,34H,4-8,11-15,20H2,1-3H3. The van der Waals surface area contributed by atoms with E-state index in [2.05, 4.69) is 38.8 Å². The molecule has 0 saturated carbocycles. The fourth-order valence-electron chi connectivity index (χ4n) is 5.45. The molecular weight excluding hydrogens is 550 g/mol. The van der Waals surface area contributed by atoms with Gasteiger partial charge >= 0.3 is 0 Å². The van der Waals surface area contributed by atoms with Gasteiger partial charge in [0.05, 0.1) is 29.5 Å². The summed E-state index contributed by atoms with van der Waals surface area (Å²) in [6.45, 7) is 9.60. The van der Waals surface area contributed by atoms with Crippen LogP contribution >= 0.6 is 0 Å². The lowest BCUT2D eigenvalue weighted by Gasteiger charge is -2.26. The van der Waals surface area contributed by atoms with E-state index in [1.165, 1.54) is 6.20 Å². The van der Waals surface area contributed by atoms with Crippen molar-refractivity contribution in [1.29, 1.82) is 0 Å². The van der Waals surface area contributed by atoms with Crippen LogP contribution in [0, 0.1) is 23.5 Å². The van der Waals surface area contributed by atoms with Gasteiger partial charge in [-0.05, 0) is 62.1 Å². The van der Waals surface area contributed by atoms with Crippen molar-refractivity contribution in [1.82, 2.24) is 20.0 Å². The first kappa shape index (κ1) is 30.8. The van der Waals surface area contributed by atoms with E-state index in [0.29, 0.717) is 29.5 Å². The number of benzene rings is 1. The molecule has 12 heteroatoms. The molecule has 0 amide bonds. The molecule has 3 heterocycles. The molecule has 0 radical (unpaired) electrons. The Hall–Kier alpha value is -3.12. The molecule has 2 atom stereocenters. The number of sulfonamides is 1. The minimum absolute atomic E-state index is 0.181. The number of hydrogen-bond donors (Lipinski definition) is 1. The molecule has 0 bridgehead atoms. The molecule has 2 aromatic heterocycles. The summed E-state index contributed by atoms with van der Waals surface area (Å²) >= 11 is 0. The Balaban J connectivity index is 1.51. The maximum Gasteiger partial charge on any atom is 0.232 e. The molecule has 9 nitrogen and oxygen atoms in total. The molecule has 0 spiro atoms. The minimum atomic E-state index is -3.77. The zero-order valence-electron chi connectivity index (χ0n) is 24.0. The fourth-order valence-corrected chi connectivity index (χ4v) is 6.58. The molecular formula is C29H40F2N6O3S. The lowest BCUT2D eigenvalue weighted by molar-refractivity contribution is 0.168. The molecule has 1 N–H and O–H groups in total. The van der Waals surface area contributed by atoms with E-state index >= 15 is 4.39 Å². The Morgan fingerprint density at radius 3 is 2.71 bits per heavy atom. The number of aromatic nitrogens is 4. The second kappa shape index (κ2) is 14.2. The van der Waals surface area contributed by atoms with Crippen molar-refractivity contribution >= 4 is 21.4 Å². The van der Waals surface area contributed by atoms with Gasteiger partial charge in [0.15, 0.2) is 11.6 Å². The summed E-state index contributed by atoms with van der Waals surface area (Å²) in [7, 11) is -3.77. The van der Waals surface area contributed by atoms with Crippen LogP contribution in [0.5, 0.6) is 0 Å². The van der Waals surface area contributed by atoms with Crippen LogP contribution in [0.15, 0.2) is 36.8 Å². The van der Waals surface area contributed by atoms with Gasteiger partial charge in [-0.2, -0.15) is 0 Å². The normalized spacial score (nSPS) is 16.2. The Bertz CT molecular complexity index is 1390.